The van der Waals surface area contributed by atoms with E-state index < -0.39 is 5.60 Å². The molecule has 1 saturated heterocycles. The van der Waals surface area contributed by atoms with Crippen LogP contribution in [0.15, 0.2) is 22.7 Å². The van der Waals surface area contributed by atoms with Crippen molar-refractivity contribution < 1.29 is 14.5 Å². The zero-order valence-corrected chi connectivity index (χ0v) is 16.3. The Morgan fingerprint density at radius 1 is 1.48 bits per heavy atom. The number of halogens is 1. The number of nitro groups is 1. The highest BCUT2D eigenvalue weighted by Crippen LogP contribution is 2.24. The quantitative estimate of drug-likeness (QED) is 0.585. The molecule has 0 saturated carbocycles. The number of ether oxygens (including phenoxy) is 1. The van der Waals surface area contributed by atoms with Crippen molar-refractivity contribution >= 4 is 27.7 Å². The van der Waals surface area contributed by atoms with Crippen LogP contribution in [0.4, 0.5) is 10.5 Å². The molecule has 1 N–H and O–H groups in total. The van der Waals surface area contributed by atoms with Gasteiger partial charge in [0.2, 0.25) is 0 Å². The first kappa shape index (κ1) is 19.7. The van der Waals surface area contributed by atoms with E-state index in [1.165, 1.54) is 6.07 Å². The van der Waals surface area contributed by atoms with Gasteiger partial charge in [-0.25, -0.2) is 4.79 Å². The normalized spacial score (nSPS) is 17.6. The molecule has 25 heavy (non-hydrogen) atoms. The maximum absolute atomic E-state index is 12.3. The van der Waals surface area contributed by atoms with E-state index in [2.05, 4.69) is 21.2 Å². The van der Waals surface area contributed by atoms with Crippen molar-refractivity contribution in [2.24, 2.45) is 0 Å². The molecule has 8 heteroatoms. The lowest BCUT2D eigenvalue weighted by atomic mass is 10.1. The number of amides is 1. The van der Waals surface area contributed by atoms with Crippen LogP contribution in [0.2, 0.25) is 0 Å². The minimum Gasteiger partial charge on any atom is -0.444 e. The molecule has 0 radical (unpaired) electrons. The van der Waals surface area contributed by atoms with E-state index in [0.717, 1.165) is 12.8 Å². The Kier molecular flexibility index (Phi) is 6.40. The van der Waals surface area contributed by atoms with E-state index in [4.69, 9.17) is 4.74 Å². The average Bonchev–Trinajstić information content (AvgIpc) is 2.95. The Morgan fingerprint density at radius 3 is 2.84 bits per heavy atom. The molecule has 1 aliphatic rings. The fourth-order valence-corrected chi connectivity index (χ4v) is 3.19. The molecule has 1 atom stereocenters. The van der Waals surface area contributed by atoms with Crippen molar-refractivity contribution in [3.63, 3.8) is 0 Å². The molecule has 0 spiro atoms. The molecule has 138 valence electrons. The number of hydrogen-bond acceptors (Lipinski definition) is 5. The Hall–Kier alpha value is -1.67. The number of likely N-dealkylation sites (tertiary alicyclic amines) is 1. The SMILES string of the molecule is CC(C)(C)OC(=O)N1CCCC1CNCc1ccc(Br)cc1[N+](=O)[O-]. The molecular weight excluding hydrogens is 390 g/mol. The van der Waals surface area contributed by atoms with Crippen LogP contribution in [0.3, 0.4) is 0 Å². The summed E-state index contributed by atoms with van der Waals surface area (Å²) in [5.74, 6) is 0. The molecule has 2 rings (SSSR count). The van der Waals surface area contributed by atoms with Crippen LogP contribution in [0.5, 0.6) is 0 Å². The number of nitrogens with one attached hydrogen (secondary N) is 1. The molecule has 1 fully saturated rings. The van der Waals surface area contributed by atoms with E-state index >= 15 is 0 Å². The van der Waals surface area contributed by atoms with Crippen LogP contribution in [-0.4, -0.2) is 40.6 Å². The third-order valence-electron chi connectivity index (χ3n) is 3.94. The van der Waals surface area contributed by atoms with Crippen LogP contribution >= 0.6 is 15.9 Å². The van der Waals surface area contributed by atoms with Crippen LogP contribution in [0, 0.1) is 10.1 Å². The predicted octanol–water partition coefficient (Wildman–Crippen LogP) is 3.85. The van der Waals surface area contributed by atoms with Gasteiger partial charge in [0.05, 0.1) is 4.92 Å². The standard InChI is InChI=1S/C17H24BrN3O4/c1-17(2,3)25-16(22)20-8-4-5-14(20)11-19-10-12-6-7-13(18)9-15(12)21(23)24/h6-7,9,14,19H,4-5,8,10-11H2,1-3H3. The van der Waals surface area contributed by atoms with Crippen molar-refractivity contribution in [1.29, 1.82) is 0 Å². The van der Waals surface area contributed by atoms with Gasteiger partial charge in [0.1, 0.15) is 5.60 Å². The minimum absolute atomic E-state index is 0.0457. The van der Waals surface area contributed by atoms with Crippen molar-refractivity contribution in [1.82, 2.24) is 10.2 Å². The molecule has 0 bridgehead atoms. The Morgan fingerprint density at radius 2 is 2.20 bits per heavy atom. The van der Waals surface area contributed by atoms with E-state index in [1.807, 2.05) is 20.8 Å². The number of hydrogen-bond donors (Lipinski definition) is 1. The summed E-state index contributed by atoms with van der Waals surface area (Å²) in [6.07, 6.45) is 1.53. The number of carbonyl (C=O) groups is 1. The van der Waals surface area contributed by atoms with Crippen molar-refractivity contribution in [2.45, 2.75) is 51.8 Å². The number of benzene rings is 1. The summed E-state index contributed by atoms with van der Waals surface area (Å²) >= 11 is 3.25. The third-order valence-corrected chi connectivity index (χ3v) is 4.44. The van der Waals surface area contributed by atoms with Gasteiger partial charge in [0.15, 0.2) is 0 Å². The van der Waals surface area contributed by atoms with Crippen LogP contribution < -0.4 is 5.32 Å². The molecular formula is C17H24BrN3O4. The highest BCUT2D eigenvalue weighted by Gasteiger charge is 2.31. The van der Waals surface area contributed by atoms with Gasteiger partial charge >= 0.3 is 6.09 Å². The van der Waals surface area contributed by atoms with E-state index in [-0.39, 0.29) is 22.7 Å². The highest BCUT2D eigenvalue weighted by molar-refractivity contribution is 9.10. The van der Waals surface area contributed by atoms with Gasteiger partial charge in [-0.15, -0.1) is 0 Å². The molecule has 1 amide bonds. The Balaban J connectivity index is 1.93. The zero-order valence-electron chi connectivity index (χ0n) is 14.8. The summed E-state index contributed by atoms with van der Waals surface area (Å²) in [6, 6.07) is 5.06. The monoisotopic (exact) mass is 413 g/mol. The molecule has 7 nitrogen and oxygen atoms in total. The number of nitro benzene ring substituents is 1. The molecule has 1 aliphatic heterocycles. The number of rotatable bonds is 5. The van der Waals surface area contributed by atoms with Gasteiger partial charge in [-0.05, 0) is 45.7 Å². The lowest BCUT2D eigenvalue weighted by Gasteiger charge is -2.28. The molecule has 1 heterocycles. The van der Waals surface area contributed by atoms with Crippen LogP contribution in [-0.2, 0) is 11.3 Å². The summed E-state index contributed by atoms with van der Waals surface area (Å²) in [5.41, 5.74) is 0.183. The van der Waals surface area contributed by atoms with Gasteiger partial charge in [0, 0.05) is 41.8 Å². The third kappa shape index (κ3) is 5.67. The molecule has 0 aromatic heterocycles. The maximum atomic E-state index is 12.3. The summed E-state index contributed by atoms with van der Waals surface area (Å²) in [7, 11) is 0. The van der Waals surface area contributed by atoms with Crippen LogP contribution in [0.1, 0.15) is 39.2 Å². The van der Waals surface area contributed by atoms with Gasteiger partial charge in [-0.2, -0.15) is 0 Å². The van der Waals surface area contributed by atoms with Crippen LogP contribution in [0.25, 0.3) is 0 Å². The predicted molar refractivity (Wildman–Crippen MR) is 98.5 cm³/mol. The minimum atomic E-state index is -0.518. The highest BCUT2D eigenvalue weighted by atomic mass is 79.9. The fourth-order valence-electron chi connectivity index (χ4n) is 2.84. The average molecular weight is 414 g/mol. The second-order valence-electron chi connectivity index (χ2n) is 7.13. The van der Waals surface area contributed by atoms with Gasteiger partial charge in [-0.3, -0.25) is 10.1 Å². The second-order valence-corrected chi connectivity index (χ2v) is 8.05. The fraction of sp³-hybridized carbons (Fsp3) is 0.588. The topological polar surface area (TPSA) is 84.7 Å². The summed E-state index contributed by atoms with van der Waals surface area (Å²) in [5, 5.41) is 14.4. The van der Waals surface area contributed by atoms with Crippen molar-refractivity contribution in [3.05, 3.63) is 38.3 Å². The maximum Gasteiger partial charge on any atom is 0.410 e. The van der Waals surface area contributed by atoms with E-state index in [0.29, 0.717) is 29.7 Å². The molecule has 1 aromatic carbocycles. The van der Waals surface area contributed by atoms with Crippen molar-refractivity contribution in [2.75, 3.05) is 13.1 Å². The van der Waals surface area contributed by atoms with Gasteiger partial charge < -0.3 is 15.0 Å². The number of carbonyl (C=O) groups excluding carboxylic acids is 1. The van der Waals surface area contributed by atoms with Gasteiger partial charge in [-0.1, -0.05) is 15.9 Å². The van der Waals surface area contributed by atoms with E-state index in [9.17, 15) is 14.9 Å². The Labute approximate surface area is 156 Å². The second kappa shape index (κ2) is 8.14. The molecule has 1 aromatic rings. The summed E-state index contributed by atoms with van der Waals surface area (Å²) < 4.78 is 6.12. The van der Waals surface area contributed by atoms with Gasteiger partial charge in [0.25, 0.3) is 5.69 Å². The summed E-state index contributed by atoms with van der Waals surface area (Å²) in [6.45, 7) is 7.18. The first-order chi connectivity index (χ1) is 11.7. The smallest absolute Gasteiger partial charge is 0.410 e. The molecule has 1 unspecified atom stereocenters. The first-order valence-corrected chi connectivity index (χ1v) is 9.10. The zero-order chi connectivity index (χ0) is 18.6. The van der Waals surface area contributed by atoms with Crippen molar-refractivity contribution in [3.8, 4) is 0 Å². The largest absolute Gasteiger partial charge is 0.444 e. The molecule has 0 aliphatic carbocycles. The lowest BCUT2D eigenvalue weighted by molar-refractivity contribution is -0.385. The Bertz CT molecular complexity index is 645. The number of nitrogens with zero attached hydrogens (tertiary/aromatic N) is 2. The lowest BCUT2D eigenvalue weighted by Crippen LogP contribution is -2.44. The first-order valence-electron chi connectivity index (χ1n) is 8.30. The summed E-state index contributed by atoms with van der Waals surface area (Å²) in [4.78, 5) is 24.8. The van der Waals surface area contributed by atoms with E-state index in [1.54, 1.807) is 17.0 Å².